The minimum Gasteiger partial charge on any atom is -1.00 e. The molecule has 0 atom stereocenters. The lowest BCUT2D eigenvalue weighted by Gasteiger charge is -2.44. The molecular weight excluding hydrogens is 448 g/mol. The normalized spacial score (nSPS) is 15.5. The lowest BCUT2D eigenvalue weighted by atomic mass is 10.0. The summed E-state index contributed by atoms with van der Waals surface area (Å²) in [5.41, 5.74) is 0. The van der Waals surface area contributed by atoms with Crippen molar-refractivity contribution in [3.05, 3.63) is 12.7 Å². The van der Waals surface area contributed by atoms with Crippen molar-refractivity contribution in [3.8, 4) is 0 Å². The Bertz CT molecular complexity index is 433. The van der Waals surface area contributed by atoms with E-state index in [0.717, 1.165) is 45.4 Å². The highest BCUT2D eigenvalue weighted by atomic mass is 79.9. The van der Waals surface area contributed by atoms with Gasteiger partial charge >= 0.3 is 0 Å². The van der Waals surface area contributed by atoms with E-state index in [4.69, 9.17) is 0 Å². The summed E-state index contributed by atoms with van der Waals surface area (Å²) in [6, 6.07) is 0. The van der Waals surface area contributed by atoms with Gasteiger partial charge in [-0.15, -0.1) is 6.58 Å². The fourth-order valence-corrected chi connectivity index (χ4v) is 4.86. The molecule has 1 heterocycles. The maximum Gasteiger partial charge on any atom is 0.222 e. The smallest absolute Gasteiger partial charge is 0.222 e. The van der Waals surface area contributed by atoms with Gasteiger partial charge in [0.25, 0.3) is 0 Å². The molecule has 1 saturated heterocycles. The number of quaternary nitrogens is 1. The Hall–Kier alpha value is -0.350. The molecule has 1 aliphatic rings. The lowest BCUT2D eigenvalue weighted by molar-refractivity contribution is -0.930. The van der Waals surface area contributed by atoms with Crippen molar-refractivity contribution in [3.63, 3.8) is 0 Å². The van der Waals surface area contributed by atoms with Gasteiger partial charge in [0.2, 0.25) is 5.91 Å². The first-order chi connectivity index (χ1) is 14.7. The third kappa shape index (κ3) is 14.4. The maximum absolute atomic E-state index is 12.6. The van der Waals surface area contributed by atoms with Crippen molar-refractivity contribution < 1.29 is 26.3 Å². The molecule has 0 unspecified atom stereocenters. The molecule has 31 heavy (non-hydrogen) atoms. The fourth-order valence-electron chi connectivity index (χ4n) is 4.86. The van der Waals surface area contributed by atoms with Crippen molar-refractivity contribution in [1.29, 1.82) is 0 Å². The van der Waals surface area contributed by atoms with E-state index in [1.165, 1.54) is 101 Å². The summed E-state index contributed by atoms with van der Waals surface area (Å²) < 4.78 is 1.19. The molecular formula is C27H53BrN2O. The SMILES string of the molecule is C=CCCC[N+]1(CC)CCN(C(=O)CCCCCCCCCCCCCCC)CC1.[Br-]. The van der Waals surface area contributed by atoms with Crippen molar-refractivity contribution >= 4 is 5.91 Å². The van der Waals surface area contributed by atoms with Crippen LogP contribution in [0.2, 0.25) is 0 Å². The highest BCUT2D eigenvalue weighted by Gasteiger charge is 2.32. The van der Waals surface area contributed by atoms with Gasteiger partial charge in [-0.3, -0.25) is 4.79 Å². The number of nitrogens with zero attached hydrogens (tertiary/aromatic N) is 2. The molecule has 0 radical (unpaired) electrons. The molecule has 3 nitrogen and oxygen atoms in total. The number of carbonyl (C=O) groups is 1. The quantitative estimate of drug-likeness (QED) is 0.148. The highest BCUT2D eigenvalue weighted by Crippen LogP contribution is 2.17. The van der Waals surface area contributed by atoms with Crippen LogP contribution < -0.4 is 17.0 Å². The summed E-state index contributed by atoms with van der Waals surface area (Å²) in [6.07, 6.45) is 22.8. The van der Waals surface area contributed by atoms with Gasteiger partial charge in [-0.25, -0.2) is 0 Å². The number of likely N-dealkylation sites (N-methyl/N-ethyl adjacent to an activating group) is 1. The first kappa shape index (κ1) is 30.6. The monoisotopic (exact) mass is 500 g/mol. The maximum atomic E-state index is 12.6. The number of rotatable bonds is 19. The standard InChI is InChI=1S/C27H53N2O.BrH/c1-4-7-9-10-11-12-13-14-15-16-17-18-19-21-27(30)28-22-25-29(6-3,26-23-28)24-20-8-5-2;/h5H,2,4,6-26H2,1,3H3;1H/q+1;/p-1. The van der Waals surface area contributed by atoms with Crippen LogP contribution in [0.15, 0.2) is 12.7 Å². The van der Waals surface area contributed by atoms with Gasteiger partial charge in [-0.05, 0) is 19.8 Å². The van der Waals surface area contributed by atoms with E-state index in [1.807, 2.05) is 6.08 Å². The van der Waals surface area contributed by atoms with E-state index < -0.39 is 0 Å². The van der Waals surface area contributed by atoms with Crippen LogP contribution in [0.3, 0.4) is 0 Å². The zero-order valence-corrected chi connectivity index (χ0v) is 22.6. The topological polar surface area (TPSA) is 20.3 Å². The summed E-state index contributed by atoms with van der Waals surface area (Å²) in [6.45, 7) is 15.1. The molecule has 0 spiro atoms. The van der Waals surface area contributed by atoms with Crippen LogP contribution >= 0.6 is 0 Å². The van der Waals surface area contributed by atoms with Gasteiger partial charge in [-0.2, -0.15) is 0 Å². The minimum atomic E-state index is 0. The van der Waals surface area contributed by atoms with Gasteiger partial charge < -0.3 is 26.4 Å². The number of allylic oxidation sites excluding steroid dienone is 1. The van der Waals surface area contributed by atoms with Gasteiger partial charge in [0, 0.05) is 12.8 Å². The van der Waals surface area contributed by atoms with Crippen molar-refractivity contribution in [2.75, 3.05) is 39.3 Å². The van der Waals surface area contributed by atoms with Crippen LogP contribution in [0.25, 0.3) is 0 Å². The molecule has 184 valence electrons. The zero-order valence-electron chi connectivity index (χ0n) is 21.0. The number of unbranched alkanes of at least 4 members (excludes halogenated alkanes) is 13. The van der Waals surface area contributed by atoms with Crippen LogP contribution in [-0.4, -0.2) is 54.6 Å². The van der Waals surface area contributed by atoms with Gasteiger partial charge in [-0.1, -0.05) is 90.0 Å². The Morgan fingerprint density at radius 3 is 1.74 bits per heavy atom. The summed E-state index contributed by atoms with van der Waals surface area (Å²) in [4.78, 5) is 14.7. The first-order valence-electron chi connectivity index (χ1n) is 13.4. The average Bonchev–Trinajstić information content (AvgIpc) is 2.77. The third-order valence-corrected chi connectivity index (χ3v) is 7.25. The number of hydrogen-bond donors (Lipinski definition) is 0. The fraction of sp³-hybridized carbons (Fsp3) is 0.889. The van der Waals surface area contributed by atoms with E-state index in [0.29, 0.717) is 5.91 Å². The van der Waals surface area contributed by atoms with E-state index >= 15 is 0 Å². The van der Waals surface area contributed by atoms with Crippen LogP contribution in [-0.2, 0) is 4.79 Å². The number of hydrogen-bond acceptors (Lipinski definition) is 1. The van der Waals surface area contributed by atoms with Crippen LogP contribution in [0.4, 0.5) is 0 Å². The molecule has 0 bridgehead atoms. The van der Waals surface area contributed by atoms with Crippen molar-refractivity contribution in [1.82, 2.24) is 4.90 Å². The van der Waals surface area contributed by atoms with Gasteiger partial charge in [0.1, 0.15) is 0 Å². The molecule has 1 aliphatic heterocycles. The highest BCUT2D eigenvalue weighted by molar-refractivity contribution is 5.76. The van der Waals surface area contributed by atoms with E-state index in [9.17, 15) is 4.79 Å². The Morgan fingerprint density at radius 2 is 1.29 bits per heavy atom. The molecule has 0 saturated carbocycles. The summed E-state index contributed by atoms with van der Waals surface area (Å²) >= 11 is 0. The largest absolute Gasteiger partial charge is 1.00 e. The minimum absolute atomic E-state index is 0. The molecule has 0 aromatic carbocycles. The van der Waals surface area contributed by atoms with Crippen LogP contribution in [0, 0.1) is 0 Å². The Balaban J connectivity index is 0.00000900. The molecule has 0 N–H and O–H groups in total. The van der Waals surface area contributed by atoms with Crippen LogP contribution in [0.1, 0.15) is 117 Å². The Kier molecular flexibility index (Phi) is 20.0. The second kappa shape index (κ2) is 20.3. The molecule has 1 fully saturated rings. The Labute approximate surface area is 205 Å². The third-order valence-electron chi connectivity index (χ3n) is 7.25. The van der Waals surface area contributed by atoms with E-state index in [-0.39, 0.29) is 17.0 Å². The molecule has 1 amide bonds. The lowest BCUT2D eigenvalue weighted by Crippen LogP contribution is -3.00. The zero-order chi connectivity index (χ0) is 21.9. The molecule has 1 rings (SSSR count). The van der Waals surface area contributed by atoms with Crippen molar-refractivity contribution in [2.45, 2.75) is 117 Å². The molecule has 4 heteroatoms. The Morgan fingerprint density at radius 1 is 0.806 bits per heavy atom. The molecule has 0 aromatic rings. The van der Waals surface area contributed by atoms with Crippen molar-refractivity contribution in [2.24, 2.45) is 0 Å². The predicted octanol–water partition coefficient (Wildman–Crippen LogP) is 4.12. The number of halogens is 1. The summed E-state index contributed by atoms with van der Waals surface area (Å²) in [5, 5.41) is 0. The first-order valence-corrected chi connectivity index (χ1v) is 13.4. The second-order valence-electron chi connectivity index (χ2n) is 9.63. The summed E-state index contributed by atoms with van der Waals surface area (Å²) in [7, 11) is 0. The average molecular weight is 502 g/mol. The number of amides is 1. The van der Waals surface area contributed by atoms with E-state index in [2.05, 4.69) is 25.3 Å². The van der Waals surface area contributed by atoms with E-state index in [1.54, 1.807) is 0 Å². The number of piperazine rings is 1. The predicted molar refractivity (Wildman–Crippen MR) is 132 cm³/mol. The second-order valence-corrected chi connectivity index (χ2v) is 9.63. The van der Waals surface area contributed by atoms with Gasteiger partial charge in [0.05, 0.1) is 39.3 Å². The summed E-state index contributed by atoms with van der Waals surface area (Å²) in [5.74, 6) is 0.401. The molecule has 0 aromatic heterocycles. The number of carbonyl (C=O) groups excluding carboxylic acids is 1. The molecule has 0 aliphatic carbocycles. The van der Waals surface area contributed by atoms with Crippen LogP contribution in [0.5, 0.6) is 0 Å². The van der Waals surface area contributed by atoms with Gasteiger partial charge in [0.15, 0.2) is 0 Å².